The molecule has 0 aromatic heterocycles. The van der Waals surface area contributed by atoms with Gasteiger partial charge in [0.25, 0.3) is 0 Å². The molecule has 1 aliphatic rings. The van der Waals surface area contributed by atoms with Crippen LogP contribution >= 0.6 is 0 Å². The Morgan fingerprint density at radius 1 is 1.64 bits per heavy atom. The maximum atomic E-state index is 10.2. The van der Waals surface area contributed by atoms with E-state index in [1.54, 1.807) is 6.08 Å². The molecule has 0 aromatic rings. The van der Waals surface area contributed by atoms with Crippen LogP contribution in [-0.4, -0.2) is 29.2 Å². The Morgan fingerprint density at radius 3 is 3.18 bits per heavy atom. The van der Waals surface area contributed by atoms with Gasteiger partial charge in [0, 0.05) is 0 Å². The average Bonchev–Trinajstić information content (AvgIpc) is 2.14. The van der Waals surface area contributed by atoms with Crippen LogP contribution < -0.4 is 0 Å². The standard InChI is InChI=1S/C7H9NO3/c9-7(10)6-8-4-2-1-3-5-11-8/h1-3,5H,4,6H2,(H,9,10). The first-order valence-corrected chi connectivity index (χ1v) is 3.24. The number of carboxylic acids is 1. The average molecular weight is 155 g/mol. The molecule has 0 amide bonds. The molecular formula is C7H9NO3. The quantitative estimate of drug-likeness (QED) is 0.626. The Labute approximate surface area is 64.3 Å². The molecular weight excluding hydrogens is 146 g/mol. The summed E-state index contributed by atoms with van der Waals surface area (Å²) in [5.74, 6) is -0.895. The highest BCUT2D eigenvalue weighted by molar-refractivity contribution is 5.68. The normalized spacial score (nSPS) is 17.5. The predicted octanol–water partition coefficient (Wildman–Crippen LogP) is 0.388. The Balaban J connectivity index is 2.40. The minimum absolute atomic E-state index is 0.103. The second-order valence-corrected chi connectivity index (χ2v) is 2.08. The summed E-state index contributed by atoms with van der Waals surface area (Å²) in [4.78, 5) is 15.1. The summed E-state index contributed by atoms with van der Waals surface area (Å²) in [6.45, 7) is 0.397. The van der Waals surface area contributed by atoms with Crippen LogP contribution in [0.4, 0.5) is 0 Å². The van der Waals surface area contributed by atoms with E-state index in [2.05, 4.69) is 0 Å². The molecule has 0 radical (unpaired) electrons. The van der Waals surface area contributed by atoms with Crippen molar-refractivity contribution >= 4 is 5.97 Å². The molecule has 0 atom stereocenters. The monoisotopic (exact) mass is 155 g/mol. The summed E-state index contributed by atoms with van der Waals surface area (Å²) in [5.41, 5.74) is 0. The van der Waals surface area contributed by atoms with E-state index < -0.39 is 5.97 Å². The Morgan fingerprint density at radius 2 is 2.45 bits per heavy atom. The van der Waals surface area contributed by atoms with Crippen molar-refractivity contribution in [2.75, 3.05) is 13.1 Å². The molecule has 1 N–H and O–H groups in total. The van der Waals surface area contributed by atoms with Crippen molar-refractivity contribution in [2.45, 2.75) is 0 Å². The van der Waals surface area contributed by atoms with Crippen LogP contribution in [0.2, 0.25) is 0 Å². The van der Waals surface area contributed by atoms with Crippen molar-refractivity contribution in [3.05, 3.63) is 24.5 Å². The summed E-state index contributed by atoms with van der Waals surface area (Å²) in [7, 11) is 0. The van der Waals surface area contributed by atoms with Crippen LogP contribution in [0.25, 0.3) is 0 Å². The number of nitrogens with zero attached hydrogens (tertiary/aromatic N) is 1. The van der Waals surface area contributed by atoms with Crippen LogP contribution in [-0.2, 0) is 9.63 Å². The molecule has 0 fully saturated rings. The molecule has 0 saturated carbocycles. The number of hydrogen-bond donors (Lipinski definition) is 1. The maximum absolute atomic E-state index is 10.2. The molecule has 0 aliphatic carbocycles. The van der Waals surface area contributed by atoms with E-state index in [4.69, 9.17) is 9.94 Å². The second-order valence-electron chi connectivity index (χ2n) is 2.08. The molecule has 4 nitrogen and oxygen atoms in total. The lowest BCUT2D eigenvalue weighted by molar-refractivity contribution is -0.153. The molecule has 4 heteroatoms. The van der Waals surface area contributed by atoms with Crippen LogP contribution in [0, 0.1) is 0 Å². The van der Waals surface area contributed by atoms with Gasteiger partial charge in [-0.3, -0.25) is 4.79 Å². The maximum Gasteiger partial charge on any atom is 0.321 e. The molecule has 0 aromatic carbocycles. The summed E-state index contributed by atoms with van der Waals surface area (Å²) in [6, 6.07) is 0. The first-order chi connectivity index (χ1) is 5.29. The highest BCUT2D eigenvalue weighted by Gasteiger charge is 2.07. The third-order valence-corrected chi connectivity index (χ3v) is 1.16. The number of carboxylic acid groups (broad SMARTS) is 1. The minimum Gasteiger partial charge on any atom is -0.480 e. The first kappa shape index (κ1) is 7.81. The van der Waals surface area contributed by atoms with Crippen molar-refractivity contribution in [3.63, 3.8) is 0 Å². The van der Waals surface area contributed by atoms with E-state index in [1.807, 2.05) is 12.2 Å². The van der Waals surface area contributed by atoms with Crippen molar-refractivity contribution in [1.82, 2.24) is 5.06 Å². The molecule has 0 unspecified atom stereocenters. The number of aliphatic carboxylic acids is 1. The van der Waals surface area contributed by atoms with Crippen LogP contribution in [0.1, 0.15) is 0 Å². The third kappa shape index (κ3) is 2.86. The fraction of sp³-hybridized carbons (Fsp3) is 0.286. The van der Waals surface area contributed by atoms with Crippen molar-refractivity contribution in [1.29, 1.82) is 0 Å². The predicted molar refractivity (Wildman–Crippen MR) is 38.6 cm³/mol. The first-order valence-electron chi connectivity index (χ1n) is 3.24. The third-order valence-electron chi connectivity index (χ3n) is 1.16. The number of rotatable bonds is 2. The van der Waals surface area contributed by atoms with Gasteiger partial charge in [0.1, 0.15) is 12.8 Å². The van der Waals surface area contributed by atoms with Gasteiger partial charge in [-0.25, -0.2) is 0 Å². The van der Waals surface area contributed by atoms with Gasteiger partial charge in [0.2, 0.25) is 0 Å². The zero-order valence-corrected chi connectivity index (χ0v) is 5.93. The number of allylic oxidation sites excluding steroid dienone is 2. The van der Waals surface area contributed by atoms with Gasteiger partial charge in [-0.05, 0) is 6.08 Å². The molecule has 1 rings (SSSR count). The summed E-state index contributed by atoms with van der Waals surface area (Å²) in [6.07, 6.45) is 6.79. The lowest BCUT2D eigenvalue weighted by Gasteiger charge is -2.14. The van der Waals surface area contributed by atoms with Crippen LogP contribution in [0.3, 0.4) is 0 Å². The Bertz CT molecular complexity index is 184. The fourth-order valence-corrected chi connectivity index (χ4v) is 0.719. The lowest BCUT2D eigenvalue weighted by Crippen LogP contribution is -2.28. The smallest absolute Gasteiger partial charge is 0.321 e. The van der Waals surface area contributed by atoms with Gasteiger partial charge < -0.3 is 9.94 Å². The number of hydrogen-bond acceptors (Lipinski definition) is 3. The van der Waals surface area contributed by atoms with E-state index in [0.717, 1.165) is 0 Å². The lowest BCUT2D eigenvalue weighted by atomic mass is 10.5. The molecule has 11 heavy (non-hydrogen) atoms. The van der Waals surface area contributed by atoms with Gasteiger partial charge in [-0.15, -0.1) is 5.06 Å². The molecule has 0 bridgehead atoms. The largest absolute Gasteiger partial charge is 0.480 e. The van der Waals surface area contributed by atoms with Gasteiger partial charge in [0.05, 0.1) is 6.54 Å². The highest BCUT2D eigenvalue weighted by atomic mass is 16.7. The highest BCUT2D eigenvalue weighted by Crippen LogP contribution is 1.96. The Hall–Kier alpha value is -1.29. The van der Waals surface area contributed by atoms with E-state index in [0.29, 0.717) is 6.54 Å². The topological polar surface area (TPSA) is 49.8 Å². The van der Waals surface area contributed by atoms with E-state index in [-0.39, 0.29) is 6.54 Å². The van der Waals surface area contributed by atoms with E-state index in [1.165, 1.54) is 11.3 Å². The van der Waals surface area contributed by atoms with E-state index in [9.17, 15) is 4.79 Å². The molecule has 0 saturated heterocycles. The molecule has 1 aliphatic heterocycles. The molecule has 1 heterocycles. The number of carbonyl (C=O) groups is 1. The van der Waals surface area contributed by atoms with Crippen molar-refractivity contribution < 1.29 is 14.7 Å². The fourth-order valence-electron chi connectivity index (χ4n) is 0.719. The van der Waals surface area contributed by atoms with Crippen molar-refractivity contribution in [3.8, 4) is 0 Å². The van der Waals surface area contributed by atoms with E-state index >= 15 is 0 Å². The van der Waals surface area contributed by atoms with Gasteiger partial charge in [-0.1, -0.05) is 12.2 Å². The Kier molecular flexibility index (Phi) is 2.68. The molecule has 60 valence electrons. The second kappa shape index (κ2) is 3.78. The SMILES string of the molecule is O=C(O)CN1CC=CC=CO1. The summed E-state index contributed by atoms with van der Waals surface area (Å²) in [5, 5.41) is 9.74. The summed E-state index contributed by atoms with van der Waals surface area (Å²) >= 11 is 0. The minimum atomic E-state index is -0.895. The van der Waals surface area contributed by atoms with Crippen molar-refractivity contribution in [2.24, 2.45) is 0 Å². The van der Waals surface area contributed by atoms with Gasteiger partial charge in [0.15, 0.2) is 0 Å². The zero-order chi connectivity index (χ0) is 8.10. The molecule has 0 spiro atoms. The van der Waals surface area contributed by atoms with Gasteiger partial charge >= 0.3 is 5.97 Å². The zero-order valence-electron chi connectivity index (χ0n) is 5.93. The van der Waals surface area contributed by atoms with Crippen LogP contribution in [0.15, 0.2) is 24.5 Å². The number of hydroxylamine groups is 2. The summed E-state index contributed by atoms with van der Waals surface area (Å²) < 4.78 is 0. The van der Waals surface area contributed by atoms with Crippen LogP contribution in [0.5, 0.6) is 0 Å². The van der Waals surface area contributed by atoms with Gasteiger partial charge in [-0.2, -0.15) is 0 Å².